The van der Waals surface area contributed by atoms with Crippen molar-refractivity contribution in [2.45, 2.75) is 6.92 Å². The maximum Gasteiger partial charge on any atom is 0.415 e. The van der Waals surface area contributed by atoms with Gasteiger partial charge in [0.25, 0.3) is 0 Å². The number of carbonyl (C=O) groups is 2. The van der Waals surface area contributed by atoms with Crippen molar-refractivity contribution in [1.82, 2.24) is 15.1 Å². The van der Waals surface area contributed by atoms with Gasteiger partial charge in [-0.3, -0.25) is 0 Å². The van der Waals surface area contributed by atoms with Crippen molar-refractivity contribution in [1.29, 1.82) is 0 Å². The molecule has 0 radical (unpaired) electrons. The Morgan fingerprint density at radius 2 is 1.70 bits per heavy atom. The predicted molar refractivity (Wildman–Crippen MR) is 74.7 cm³/mol. The molecule has 0 spiro atoms. The van der Waals surface area contributed by atoms with E-state index in [0.29, 0.717) is 38.5 Å². The Morgan fingerprint density at radius 1 is 1.10 bits per heavy atom. The van der Waals surface area contributed by atoms with Crippen LogP contribution in [-0.4, -0.2) is 54.6 Å². The van der Waals surface area contributed by atoms with E-state index >= 15 is 0 Å². The molecule has 6 nitrogen and oxygen atoms in total. The van der Waals surface area contributed by atoms with Crippen molar-refractivity contribution in [2.75, 3.05) is 32.7 Å². The fourth-order valence-corrected chi connectivity index (χ4v) is 2.01. The first-order valence-corrected chi connectivity index (χ1v) is 6.75. The number of hydrogen-bond acceptors (Lipinski definition) is 3. The third-order valence-electron chi connectivity index (χ3n) is 3.10. The van der Waals surface area contributed by atoms with Crippen molar-refractivity contribution < 1.29 is 14.3 Å². The molecule has 1 aliphatic rings. The molecule has 0 atom stereocenters. The lowest BCUT2D eigenvalue weighted by molar-refractivity contribution is 0.117. The Kier molecular flexibility index (Phi) is 4.81. The quantitative estimate of drug-likeness (QED) is 0.891. The average Bonchev–Trinajstić information content (AvgIpc) is 2.48. The molecule has 2 rings (SSSR count). The zero-order valence-corrected chi connectivity index (χ0v) is 11.5. The second-order valence-electron chi connectivity index (χ2n) is 4.49. The summed E-state index contributed by atoms with van der Waals surface area (Å²) in [5.74, 6) is 0.531. The Hall–Kier alpha value is -2.24. The van der Waals surface area contributed by atoms with Gasteiger partial charge in [-0.2, -0.15) is 0 Å². The largest absolute Gasteiger partial charge is 0.415 e. The third kappa shape index (κ3) is 3.63. The highest BCUT2D eigenvalue weighted by atomic mass is 16.6. The number of para-hydroxylation sites is 1. The second-order valence-corrected chi connectivity index (χ2v) is 4.49. The first-order valence-electron chi connectivity index (χ1n) is 6.75. The van der Waals surface area contributed by atoms with Crippen LogP contribution in [0.4, 0.5) is 9.59 Å². The van der Waals surface area contributed by atoms with Crippen molar-refractivity contribution >= 4 is 12.1 Å². The summed E-state index contributed by atoms with van der Waals surface area (Å²) in [5, 5.41) is 2.75. The molecule has 1 aromatic rings. The highest BCUT2D eigenvalue weighted by Crippen LogP contribution is 2.11. The standard InChI is InChI=1S/C14H19N3O3/c1-2-15-13(18)16-8-10-17(11-9-16)14(19)20-12-6-4-3-5-7-12/h3-7H,2,8-11H2,1H3,(H,15,18). The SMILES string of the molecule is CCNC(=O)N1CCN(C(=O)Oc2ccccc2)CC1. The Bertz CT molecular complexity index is 456. The lowest BCUT2D eigenvalue weighted by atomic mass is 10.3. The summed E-state index contributed by atoms with van der Waals surface area (Å²) < 4.78 is 5.26. The van der Waals surface area contributed by atoms with Gasteiger partial charge < -0.3 is 19.9 Å². The first-order chi connectivity index (χ1) is 9.70. The average molecular weight is 277 g/mol. The molecular formula is C14H19N3O3. The molecule has 0 unspecified atom stereocenters. The van der Waals surface area contributed by atoms with Crippen LogP contribution < -0.4 is 10.1 Å². The monoisotopic (exact) mass is 277 g/mol. The van der Waals surface area contributed by atoms with E-state index in [9.17, 15) is 9.59 Å². The highest BCUT2D eigenvalue weighted by molar-refractivity contribution is 5.75. The molecule has 6 heteroatoms. The third-order valence-corrected chi connectivity index (χ3v) is 3.10. The molecule has 3 amide bonds. The van der Waals surface area contributed by atoms with Gasteiger partial charge in [0.2, 0.25) is 0 Å². The number of hydrogen-bond donors (Lipinski definition) is 1. The zero-order chi connectivity index (χ0) is 14.4. The van der Waals surface area contributed by atoms with Gasteiger partial charge in [0, 0.05) is 32.7 Å². The van der Waals surface area contributed by atoms with E-state index in [0.717, 1.165) is 0 Å². The van der Waals surface area contributed by atoms with Crippen LogP contribution in [0, 0.1) is 0 Å². The van der Waals surface area contributed by atoms with Crippen LogP contribution in [-0.2, 0) is 0 Å². The summed E-state index contributed by atoms with van der Waals surface area (Å²) in [6.45, 7) is 4.51. The number of nitrogens with one attached hydrogen (secondary N) is 1. The minimum Gasteiger partial charge on any atom is -0.410 e. The second kappa shape index (κ2) is 6.79. The summed E-state index contributed by atoms with van der Waals surface area (Å²) in [4.78, 5) is 26.9. The maximum absolute atomic E-state index is 12.0. The number of rotatable bonds is 2. The normalized spacial score (nSPS) is 14.8. The van der Waals surface area contributed by atoms with E-state index in [4.69, 9.17) is 4.74 Å². The molecule has 1 fully saturated rings. The first kappa shape index (κ1) is 14.2. The van der Waals surface area contributed by atoms with E-state index in [1.165, 1.54) is 0 Å². The van der Waals surface area contributed by atoms with Gasteiger partial charge >= 0.3 is 12.1 Å². The van der Waals surface area contributed by atoms with E-state index in [2.05, 4.69) is 5.32 Å². The van der Waals surface area contributed by atoms with Crippen LogP contribution in [0.5, 0.6) is 5.75 Å². The molecule has 1 heterocycles. The molecule has 0 aliphatic carbocycles. The van der Waals surface area contributed by atoms with E-state index in [-0.39, 0.29) is 12.1 Å². The lowest BCUT2D eigenvalue weighted by Crippen LogP contribution is -2.53. The molecular weight excluding hydrogens is 258 g/mol. The van der Waals surface area contributed by atoms with Crippen LogP contribution in [0.15, 0.2) is 30.3 Å². The lowest BCUT2D eigenvalue weighted by Gasteiger charge is -2.33. The molecule has 20 heavy (non-hydrogen) atoms. The number of urea groups is 1. The van der Waals surface area contributed by atoms with E-state index in [1.807, 2.05) is 25.1 Å². The fourth-order valence-electron chi connectivity index (χ4n) is 2.01. The van der Waals surface area contributed by atoms with E-state index < -0.39 is 0 Å². The molecule has 1 N–H and O–H groups in total. The summed E-state index contributed by atoms with van der Waals surface area (Å²) in [7, 11) is 0. The van der Waals surface area contributed by atoms with Gasteiger partial charge in [0.1, 0.15) is 5.75 Å². The number of nitrogens with zero attached hydrogens (tertiary/aromatic N) is 2. The summed E-state index contributed by atoms with van der Waals surface area (Å²) >= 11 is 0. The smallest absolute Gasteiger partial charge is 0.410 e. The van der Waals surface area contributed by atoms with E-state index in [1.54, 1.807) is 21.9 Å². The summed E-state index contributed by atoms with van der Waals surface area (Å²) in [6.07, 6.45) is -0.369. The minimum atomic E-state index is -0.369. The Morgan fingerprint density at radius 3 is 2.30 bits per heavy atom. The molecule has 0 aromatic heterocycles. The van der Waals surface area contributed by atoms with Crippen LogP contribution >= 0.6 is 0 Å². The van der Waals surface area contributed by atoms with Crippen molar-refractivity contribution in [2.24, 2.45) is 0 Å². The molecule has 0 saturated carbocycles. The number of benzene rings is 1. The number of piperazine rings is 1. The van der Waals surface area contributed by atoms with Gasteiger partial charge in [-0.15, -0.1) is 0 Å². The van der Waals surface area contributed by atoms with Crippen molar-refractivity contribution in [3.63, 3.8) is 0 Å². The zero-order valence-electron chi connectivity index (χ0n) is 11.5. The molecule has 108 valence electrons. The van der Waals surface area contributed by atoms with Gasteiger partial charge in [-0.1, -0.05) is 18.2 Å². The molecule has 1 aromatic carbocycles. The van der Waals surface area contributed by atoms with Gasteiger partial charge in [-0.25, -0.2) is 9.59 Å². The summed E-state index contributed by atoms with van der Waals surface area (Å²) in [6, 6.07) is 8.89. The van der Waals surface area contributed by atoms with Crippen LogP contribution in [0.25, 0.3) is 0 Å². The number of amides is 3. The van der Waals surface area contributed by atoms with Gasteiger partial charge in [0.15, 0.2) is 0 Å². The number of ether oxygens (including phenoxy) is 1. The minimum absolute atomic E-state index is 0.0800. The number of carbonyl (C=O) groups excluding carboxylic acids is 2. The van der Waals surface area contributed by atoms with Crippen LogP contribution in [0.1, 0.15) is 6.92 Å². The summed E-state index contributed by atoms with van der Waals surface area (Å²) in [5.41, 5.74) is 0. The topological polar surface area (TPSA) is 61.9 Å². The maximum atomic E-state index is 12.0. The van der Waals surface area contributed by atoms with Crippen LogP contribution in [0.3, 0.4) is 0 Å². The Labute approximate surface area is 118 Å². The molecule has 0 bridgehead atoms. The van der Waals surface area contributed by atoms with Gasteiger partial charge in [-0.05, 0) is 19.1 Å². The predicted octanol–water partition coefficient (Wildman–Crippen LogP) is 1.53. The molecule has 1 aliphatic heterocycles. The Balaban J connectivity index is 1.81. The van der Waals surface area contributed by atoms with Gasteiger partial charge in [0.05, 0.1) is 0 Å². The van der Waals surface area contributed by atoms with Crippen molar-refractivity contribution in [3.05, 3.63) is 30.3 Å². The van der Waals surface area contributed by atoms with Crippen LogP contribution in [0.2, 0.25) is 0 Å². The molecule has 1 saturated heterocycles. The van der Waals surface area contributed by atoms with Crippen molar-refractivity contribution in [3.8, 4) is 5.75 Å². The fraction of sp³-hybridized carbons (Fsp3) is 0.429. The highest BCUT2D eigenvalue weighted by Gasteiger charge is 2.24.